The molecule has 2 rings (SSSR count). The third-order valence-corrected chi connectivity index (χ3v) is 11.4. The van der Waals surface area contributed by atoms with E-state index in [1.54, 1.807) is 11.8 Å². The molecule has 0 N–H and O–H groups in total. The van der Waals surface area contributed by atoms with Crippen LogP contribution in [0.4, 0.5) is 0 Å². The molecule has 2 aromatic carbocycles. The van der Waals surface area contributed by atoms with Crippen molar-refractivity contribution in [2.45, 2.75) is 64.3 Å². The van der Waals surface area contributed by atoms with Crippen molar-refractivity contribution in [3.8, 4) is 5.75 Å². The Balaban J connectivity index is 1.79. The highest BCUT2D eigenvalue weighted by molar-refractivity contribution is 7.99. The van der Waals surface area contributed by atoms with Crippen LogP contribution in [0.2, 0.25) is 18.1 Å². The molecule has 0 atom stereocenters. The second kappa shape index (κ2) is 10.7. The lowest BCUT2D eigenvalue weighted by atomic mass is 9.97. The maximum absolute atomic E-state index is 12.5. The predicted molar refractivity (Wildman–Crippen MR) is 131 cm³/mol. The summed E-state index contributed by atoms with van der Waals surface area (Å²) >= 11 is 1.64. The zero-order valence-electron chi connectivity index (χ0n) is 19.9. The number of carbonyl (C=O) groups is 1. The van der Waals surface area contributed by atoms with Gasteiger partial charge in [-0.1, -0.05) is 51.1 Å². The SMILES string of the molecule is CC(C)(CSc1ccc(O[Si](C)(C)C(C)(C)C)cc1)C(=O)OCOCc1ccccc1. The van der Waals surface area contributed by atoms with Crippen LogP contribution in [0.25, 0.3) is 0 Å². The second-order valence-electron chi connectivity index (χ2n) is 9.89. The lowest BCUT2D eigenvalue weighted by molar-refractivity contribution is -0.166. The minimum atomic E-state index is -1.84. The van der Waals surface area contributed by atoms with Crippen LogP contribution in [0, 0.1) is 5.41 Å². The van der Waals surface area contributed by atoms with Gasteiger partial charge in [0.2, 0.25) is 8.32 Å². The standard InChI is InChI=1S/C25H36O4SSi/c1-24(2,3)31(6,7)29-21-13-15-22(16-14-21)30-18-25(4,5)23(26)28-19-27-17-20-11-9-8-10-12-20/h8-16H,17-19H2,1-7H3. The Labute approximate surface area is 192 Å². The smallest absolute Gasteiger partial charge is 0.314 e. The average molecular weight is 461 g/mol. The summed E-state index contributed by atoms with van der Waals surface area (Å²) < 4.78 is 17.1. The van der Waals surface area contributed by atoms with Crippen molar-refractivity contribution in [2.75, 3.05) is 12.5 Å². The Kier molecular flexibility index (Phi) is 8.80. The van der Waals surface area contributed by atoms with E-state index in [4.69, 9.17) is 13.9 Å². The van der Waals surface area contributed by atoms with Gasteiger partial charge in [0.1, 0.15) is 5.75 Å². The van der Waals surface area contributed by atoms with Gasteiger partial charge in [0, 0.05) is 10.6 Å². The van der Waals surface area contributed by atoms with Crippen molar-refractivity contribution in [1.82, 2.24) is 0 Å². The van der Waals surface area contributed by atoms with E-state index in [0.29, 0.717) is 12.4 Å². The Hall–Kier alpha value is -1.76. The number of ether oxygens (including phenoxy) is 2. The predicted octanol–water partition coefficient (Wildman–Crippen LogP) is 6.91. The molecule has 0 aliphatic heterocycles. The summed E-state index contributed by atoms with van der Waals surface area (Å²) in [5.74, 6) is 1.27. The number of benzene rings is 2. The summed E-state index contributed by atoms with van der Waals surface area (Å²) in [5, 5.41) is 0.162. The number of hydrogen-bond donors (Lipinski definition) is 0. The second-order valence-corrected chi connectivity index (χ2v) is 15.7. The van der Waals surface area contributed by atoms with Crippen LogP contribution in [-0.2, 0) is 20.9 Å². The molecule has 0 aliphatic rings. The molecule has 0 heterocycles. The van der Waals surface area contributed by atoms with Crippen molar-refractivity contribution in [2.24, 2.45) is 5.41 Å². The van der Waals surface area contributed by atoms with Crippen molar-refractivity contribution in [3.05, 3.63) is 60.2 Å². The molecule has 0 saturated heterocycles. The molecule has 2 aromatic rings. The number of rotatable bonds is 10. The topological polar surface area (TPSA) is 44.8 Å². The number of esters is 1. The van der Waals surface area contributed by atoms with E-state index in [-0.39, 0.29) is 17.8 Å². The fourth-order valence-electron chi connectivity index (χ4n) is 2.40. The first-order valence-corrected chi connectivity index (χ1v) is 14.5. The molecule has 0 saturated carbocycles. The highest BCUT2D eigenvalue weighted by Gasteiger charge is 2.39. The van der Waals surface area contributed by atoms with E-state index >= 15 is 0 Å². The summed E-state index contributed by atoms with van der Waals surface area (Å²) in [6.45, 7) is 15.4. The van der Waals surface area contributed by atoms with Gasteiger partial charge in [-0.2, -0.15) is 0 Å². The van der Waals surface area contributed by atoms with Crippen LogP contribution < -0.4 is 4.43 Å². The third-order valence-electron chi connectivity index (χ3n) is 5.54. The average Bonchev–Trinajstić information content (AvgIpc) is 2.70. The normalized spacial score (nSPS) is 12.5. The number of hydrogen-bond acceptors (Lipinski definition) is 5. The highest BCUT2D eigenvalue weighted by atomic mass is 32.2. The Morgan fingerprint density at radius 3 is 2.13 bits per heavy atom. The monoisotopic (exact) mass is 460 g/mol. The largest absolute Gasteiger partial charge is 0.544 e. The van der Waals surface area contributed by atoms with E-state index in [2.05, 4.69) is 46.0 Å². The molecule has 31 heavy (non-hydrogen) atoms. The van der Waals surface area contributed by atoms with E-state index in [0.717, 1.165) is 16.2 Å². The quantitative estimate of drug-likeness (QED) is 0.127. The minimum Gasteiger partial charge on any atom is -0.544 e. The van der Waals surface area contributed by atoms with E-state index in [1.807, 2.05) is 56.3 Å². The fraction of sp³-hybridized carbons (Fsp3) is 0.480. The molecule has 0 fully saturated rings. The zero-order valence-corrected chi connectivity index (χ0v) is 21.7. The van der Waals surface area contributed by atoms with Crippen molar-refractivity contribution < 1.29 is 18.7 Å². The van der Waals surface area contributed by atoms with Gasteiger partial charge in [-0.25, -0.2) is 0 Å². The molecule has 0 unspecified atom stereocenters. The molecular weight excluding hydrogens is 424 g/mol. The summed E-state index contributed by atoms with van der Waals surface area (Å²) in [4.78, 5) is 13.6. The Morgan fingerprint density at radius 1 is 0.935 bits per heavy atom. The highest BCUT2D eigenvalue weighted by Crippen LogP contribution is 2.38. The summed E-state index contributed by atoms with van der Waals surface area (Å²) in [6.07, 6.45) is 0. The zero-order chi connectivity index (χ0) is 23.1. The van der Waals surface area contributed by atoms with E-state index in [9.17, 15) is 4.79 Å². The van der Waals surface area contributed by atoms with Crippen molar-refractivity contribution >= 4 is 26.0 Å². The van der Waals surface area contributed by atoms with Crippen LogP contribution in [0.3, 0.4) is 0 Å². The van der Waals surface area contributed by atoms with Crippen LogP contribution in [0.1, 0.15) is 40.2 Å². The fourth-order valence-corrected chi connectivity index (χ4v) is 4.40. The third kappa shape index (κ3) is 8.02. The van der Waals surface area contributed by atoms with Gasteiger partial charge in [-0.05, 0) is 61.8 Å². The van der Waals surface area contributed by atoms with Gasteiger partial charge in [0.15, 0.2) is 6.79 Å². The molecule has 0 spiro atoms. The molecule has 0 aromatic heterocycles. The van der Waals surface area contributed by atoms with Crippen molar-refractivity contribution in [3.63, 3.8) is 0 Å². The van der Waals surface area contributed by atoms with Crippen LogP contribution in [-0.4, -0.2) is 26.8 Å². The molecule has 0 amide bonds. The Bertz CT molecular complexity index is 827. The first-order valence-electron chi connectivity index (χ1n) is 10.6. The van der Waals surface area contributed by atoms with Gasteiger partial charge in [-0.15, -0.1) is 11.8 Å². The minimum absolute atomic E-state index is 0.0404. The summed E-state index contributed by atoms with van der Waals surface area (Å²) in [5.41, 5.74) is 0.436. The van der Waals surface area contributed by atoms with Gasteiger partial charge in [0.25, 0.3) is 0 Å². The summed E-state index contributed by atoms with van der Waals surface area (Å²) in [7, 11) is -1.84. The van der Waals surface area contributed by atoms with Gasteiger partial charge >= 0.3 is 5.97 Å². The number of carbonyl (C=O) groups excluding carboxylic acids is 1. The molecule has 0 bridgehead atoms. The molecular formula is C25H36O4SSi. The maximum Gasteiger partial charge on any atom is 0.314 e. The lowest BCUT2D eigenvalue weighted by Gasteiger charge is -2.36. The van der Waals surface area contributed by atoms with Gasteiger partial charge < -0.3 is 13.9 Å². The Morgan fingerprint density at radius 2 is 1.55 bits per heavy atom. The molecule has 6 heteroatoms. The van der Waals surface area contributed by atoms with Crippen LogP contribution >= 0.6 is 11.8 Å². The lowest BCUT2D eigenvalue weighted by Crippen LogP contribution is -2.43. The van der Waals surface area contributed by atoms with Gasteiger partial charge in [0.05, 0.1) is 12.0 Å². The first kappa shape index (κ1) is 25.5. The van der Waals surface area contributed by atoms with E-state index in [1.165, 1.54) is 0 Å². The maximum atomic E-state index is 12.5. The molecule has 170 valence electrons. The van der Waals surface area contributed by atoms with Gasteiger partial charge in [-0.3, -0.25) is 4.79 Å². The van der Waals surface area contributed by atoms with E-state index < -0.39 is 13.7 Å². The molecule has 0 radical (unpaired) electrons. The first-order chi connectivity index (χ1) is 14.4. The molecule has 0 aliphatic carbocycles. The number of thioether (sulfide) groups is 1. The molecule has 4 nitrogen and oxygen atoms in total. The van der Waals surface area contributed by atoms with Crippen LogP contribution in [0.5, 0.6) is 5.75 Å². The van der Waals surface area contributed by atoms with Crippen molar-refractivity contribution in [1.29, 1.82) is 0 Å². The summed E-state index contributed by atoms with van der Waals surface area (Å²) in [6, 6.07) is 18.0. The van der Waals surface area contributed by atoms with Crippen LogP contribution in [0.15, 0.2) is 59.5 Å².